The molecule has 0 spiro atoms. The Bertz CT molecular complexity index is 570. The first-order valence-electron chi connectivity index (χ1n) is 9.87. The average Bonchev–Trinajstić information content (AvgIpc) is 2.60. The summed E-state index contributed by atoms with van der Waals surface area (Å²) in [4.78, 5) is 12.3. The minimum atomic E-state index is -4.85. The lowest BCUT2D eigenvalue weighted by atomic mass is 10.0. The second-order valence-electron chi connectivity index (χ2n) is 6.92. The van der Waals surface area contributed by atoms with Crippen LogP contribution in [0.4, 0.5) is 17.6 Å². The molecule has 0 bridgehead atoms. The highest BCUT2D eigenvalue weighted by Gasteiger charge is 2.35. The molecule has 0 aliphatic heterocycles. The van der Waals surface area contributed by atoms with Crippen LogP contribution in [0.5, 0.6) is 0 Å². The normalized spacial score (nSPS) is 12.8. The van der Waals surface area contributed by atoms with Crippen molar-refractivity contribution in [3.8, 4) is 0 Å². The smallest absolute Gasteiger partial charge is 0.419 e. The number of alkyl halides is 3. The molecular formula is C21H30F4O2. The highest BCUT2D eigenvalue weighted by Crippen LogP contribution is 2.32. The molecule has 27 heavy (non-hydrogen) atoms. The number of halogens is 4. The second-order valence-corrected chi connectivity index (χ2v) is 6.92. The van der Waals surface area contributed by atoms with Crippen molar-refractivity contribution in [3.05, 3.63) is 35.1 Å². The molecule has 2 nitrogen and oxygen atoms in total. The fraction of sp³-hybridized carbons (Fsp3) is 0.667. The van der Waals surface area contributed by atoms with Gasteiger partial charge in [0.2, 0.25) is 0 Å². The summed E-state index contributed by atoms with van der Waals surface area (Å²) in [7, 11) is 0. The van der Waals surface area contributed by atoms with Crippen molar-refractivity contribution in [2.24, 2.45) is 0 Å². The first kappa shape index (κ1) is 23.4. The van der Waals surface area contributed by atoms with Crippen molar-refractivity contribution in [2.75, 3.05) is 0 Å². The molecule has 0 amide bonds. The first-order valence-corrected chi connectivity index (χ1v) is 9.87. The predicted octanol–water partition coefficient (Wildman–Crippen LogP) is 7.31. The molecule has 6 heteroatoms. The summed E-state index contributed by atoms with van der Waals surface area (Å²) in [6, 6.07) is 2.23. The Balaban J connectivity index is 2.73. The van der Waals surface area contributed by atoms with Gasteiger partial charge >= 0.3 is 12.1 Å². The molecule has 0 N–H and O–H groups in total. The Kier molecular flexibility index (Phi) is 10.4. The van der Waals surface area contributed by atoms with Crippen LogP contribution in [0.15, 0.2) is 18.2 Å². The largest absolute Gasteiger partial charge is 0.459 e. The van der Waals surface area contributed by atoms with Crippen LogP contribution in [0.2, 0.25) is 0 Å². The second kappa shape index (κ2) is 12.0. The van der Waals surface area contributed by atoms with E-state index in [2.05, 4.69) is 13.8 Å². The van der Waals surface area contributed by atoms with Crippen molar-refractivity contribution < 1.29 is 27.1 Å². The Labute approximate surface area is 159 Å². The first-order chi connectivity index (χ1) is 12.8. The van der Waals surface area contributed by atoms with E-state index in [0.29, 0.717) is 25.0 Å². The number of unbranched alkanes of at least 4 members (excludes halogenated alkanes) is 6. The molecule has 0 fully saturated rings. The Morgan fingerprint density at radius 3 is 2.11 bits per heavy atom. The molecule has 0 aliphatic rings. The van der Waals surface area contributed by atoms with E-state index in [9.17, 15) is 22.4 Å². The third-order valence-electron chi connectivity index (χ3n) is 4.54. The van der Waals surface area contributed by atoms with Crippen LogP contribution in [0.1, 0.15) is 94.0 Å². The summed E-state index contributed by atoms with van der Waals surface area (Å²) in [6.45, 7) is 4.20. The standard InChI is InChI=1S/C21H30F4O2/c1-3-5-7-8-10-12-17(11-9-6-4-2)27-20(26)16-13-14-19(22)18(15-16)21(23,24)25/h13-15,17H,3-12H2,1-2H3. The van der Waals surface area contributed by atoms with E-state index in [1.165, 1.54) is 0 Å². The molecule has 154 valence electrons. The molecule has 1 unspecified atom stereocenters. The maximum absolute atomic E-state index is 13.4. The number of esters is 1. The van der Waals surface area contributed by atoms with Gasteiger partial charge in [0, 0.05) is 0 Å². The van der Waals surface area contributed by atoms with Gasteiger partial charge in [-0.25, -0.2) is 9.18 Å². The van der Waals surface area contributed by atoms with E-state index in [1.807, 2.05) is 0 Å². The molecule has 0 heterocycles. The van der Waals surface area contributed by atoms with E-state index >= 15 is 0 Å². The minimum absolute atomic E-state index is 0.268. The van der Waals surface area contributed by atoms with Crippen molar-refractivity contribution in [3.63, 3.8) is 0 Å². The fourth-order valence-corrected chi connectivity index (χ4v) is 2.95. The lowest BCUT2D eigenvalue weighted by molar-refractivity contribution is -0.140. The fourth-order valence-electron chi connectivity index (χ4n) is 2.95. The zero-order valence-electron chi connectivity index (χ0n) is 16.2. The van der Waals surface area contributed by atoms with Crippen molar-refractivity contribution in [1.82, 2.24) is 0 Å². The number of carbonyl (C=O) groups is 1. The summed E-state index contributed by atoms with van der Waals surface area (Å²) >= 11 is 0. The van der Waals surface area contributed by atoms with Crippen molar-refractivity contribution in [2.45, 2.75) is 90.3 Å². The van der Waals surface area contributed by atoms with Crippen LogP contribution >= 0.6 is 0 Å². The van der Waals surface area contributed by atoms with Crippen LogP contribution in [0.25, 0.3) is 0 Å². The van der Waals surface area contributed by atoms with Crippen LogP contribution in [-0.4, -0.2) is 12.1 Å². The van der Waals surface area contributed by atoms with Crippen LogP contribution in [-0.2, 0) is 10.9 Å². The molecule has 0 radical (unpaired) electrons. The topological polar surface area (TPSA) is 26.3 Å². The molecule has 0 aromatic heterocycles. The quantitative estimate of drug-likeness (QED) is 0.212. The molecule has 0 aliphatic carbocycles. The molecule has 1 rings (SSSR count). The predicted molar refractivity (Wildman–Crippen MR) is 98.1 cm³/mol. The van der Waals surface area contributed by atoms with Crippen LogP contribution < -0.4 is 0 Å². The van der Waals surface area contributed by atoms with Crippen LogP contribution in [0.3, 0.4) is 0 Å². The zero-order valence-corrected chi connectivity index (χ0v) is 16.2. The summed E-state index contributed by atoms with van der Waals surface area (Å²) in [5.74, 6) is -2.22. The highest BCUT2D eigenvalue weighted by molar-refractivity contribution is 5.89. The van der Waals surface area contributed by atoms with Gasteiger partial charge in [-0.1, -0.05) is 52.4 Å². The maximum Gasteiger partial charge on any atom is 0.419 e. The lowest BCUT2D eigenvalue weighted by Gasteiger charge is -2.18. The summed E-state index contributed by atoms with van der Waals surface area (Å²) in [5.41, 5.74) is -1.71. The third-order valence-corrected chi connectivity index (χ3v) is 4.54. The van der Waals surface area contributed by atoms with Gasteiger partial charge in [0.25, 0.3) is 0 Å². The van der Waals surface area contributed by atoms with Gasteiger partial charge in [-0.3, -0.25) is 0 Å². The number of benzene rings is 1. The minimum Gasteiger partial charge on any atom is -0.459 e. The molecule has 0 saturated carbocycles. The highest BCUT2D eigenvalue weighted by atomic mass is 19.4. The zero-order chi connectivity index (χ0) is 20.3. The van der Waals surface area contributed by atoms with Gasteiger partial charge < -0.3 is 4.74 Å². The van der Waals surface area contributed by atoms with Crippen LogP contribution in [0, 0.1) is 5.82 Å². The summed E-state index contributed by atoms with van der Waals surface area (Å²) in [5, 5.41) is 0. The number of hydrogen-bond acceptors (Lipinski definition) is 2. The molecule has 1 aromatic carbocycles. The third kappa shape index (κ3) is 8.76. The lowest BCUT2D eigenvalue weighted by Crippen LogP contribution is -2.19. The van der Waals surface area contributed by atoms with E-state index < -0.39 is 23.5 Å². The monoisotopic (exact) mass is 390 g/mol. The van der Waals surface area contributed by atoms with Gasteiger partial charge in [0.05, 0.1) is 11.1 Å². The van der Waals surface area contributed by atoms with Gasteiger partial charge in [-0.05, 0) is 43.9 Å². The number of hydrogen-bond donors (Lipinski definition) is 0. The Hall–Kier alpha value is -1.59. The number of carbonyl (C=O) groups excluding carboxylic acids is 1. The summed E-state index contributed by atoms with van der Waals surface area (Å²) < 4.78 is 57.4. The SMILES string of the molecule is CCCCCCCC(CCCCC)OC(=O)c1ccc(F)c(C(F)(F)F)c1. The number of ether oxygens (including phenoxy) is 1. The van der Waals surface area contributed by atoms with Crippen molar-refractivity contribution >= 4 is 5.97 Å². The van der Waals surface area contributed by atoms with E-state index in [1.54, 1.807) is 0 Å². The van der Waals surface area contributed by atoms with E-state index in [-0.39, 0.29) is 11.7 Å². The van der Waals surface area contributed by atoms with Gasteiger partial charge in [0.15, 0.2) is 0 Å². The van der Waals surface area contributed by atoms with E-state index in [4.69, 9.17) is 4.74 Å². The van der Waals surface area contributed by atoms with E-state index in [0.717, 1.165) is 57.4 Å². The van der Waals surface area contributed by atoms with Crippen molar-refractivity contribution in [1.29, 1.82) is 0 Å². The molecular weight excluding hydrogens is 360 g/mol. The maximum atomic E-state index is 13.4. The Morgan fingerprint density at radius 2 is 1.52 bits per heavy atom. The molecule has 1 aromatic rings. The van der Waals surface area contributed by atoms with Gasteiger partial charge in [0.1, 0.15) is 11.9 Å². The molecule has 1 atom stereocenters. The number of rotatable bonds is 12. The molecule has 0 saturated heterocycles. The Morgan fingerprint density at radius 1 is 0.963 bits per heavy atom. The van der Waals surface area contributed by atoms with Gasteiger partial charge in [-0.2, -0.15) is 13.2 Å². The van der Waals surface area contributed by atoms with Gasteiger partial charge in [-0.15, -0.1) is 0 Å². The average molecular weight is 390 g/mol. The summed E-state index contributed by atoms with van der Waals surface area (Å²) in [6.07, 6.45) is 4.57.